The second-order valence-electron chi connectivity index (χ2n) is 10.7. The van der Waals surface area contributed by atoms with E-state index in [0.29, 0.717) is 22.3 Å². The molecule has 0 spiro atoms. The molecule has 0 radical (unpaired) electrons. The van der Waals surface area contributed by atoms with E-state index in [1.54, 1.807) is 0 Å². The Balaban J connectivity index is 1.31. The quantitative estimate of drug-likeness (QED) is 0.268. The zero-order chi connectivity index (χ0) is 21.7. The first-order valence-corrected chi connectivity index (χ1v) is 14.9. The van der Waals surface area contributed by atoms with Crippen LogP contribution in [0.1, 0.15) is 129 Å². The van der Waals surface area contributed by atoms with Crippen molar-refractivity contribution in [2.75, 3.05) is 0 Å². The standard InChI is InChI=1S/C30H48S/c1-3-5-7-9-25-11-15-27(16-12-25)19-21-29-23-24-30(31-29)22-20-28-17-13-26(14-18-28)10-8-6-4-2/h25-30H,3-18,23-24H2,1-2H3. The smallest absolute Gasteiger partial charge is 0.0670 e. The van der Waals surface area contributed by atoms with Crippen LogP contribution in [0.4, 0.5) is 0 Å². The van der Waals surface area contributed by atoms with Crippen LogP contribution in [0.15, 0.2) is 0 Å². The van der Waals surface area contributed by atoms with Gasteiger partial charge < -0.3 is 0 Å². The molecule has 0 aromatic rings. The van der Waals surface area contributed by atoms with E-state index >= 15 is 0 Å². The van der Waals surface area contributed by atoms with Crippen molar-refractivity contribution in [3.63, 3.8) is 0 Å². The minimum atomic E-state index is 0.552. The normalized spacial score (nSPS) is 33.2. The fourth-order valence-corrected chi connectivity index (χ4v) is 7.04. The summed E-state index contributed by atoms with van der Waals surface area (Å²) in [6.07, 6.45) is 25.0. The Labute approximate surface area is 198 Å². The summed E-state index contributed by atoms with van der Waals surface area (Å²) in [5.41, 5.74) is 0. The first-order valence-electron chi connectivity index (χ1n) is 13.9. The molecule has 0 nitrogen and oxygen atoms in total. The SMILES string of the molecule is CCCCCC1CCC(C#CC2CCC(C#CC3CCC(CCCCC)CC3)S2)CC1. The van der Waals surface area contributed by atoms with Crippen LogP contribution in [0.3, 0.4) is 0 Å². The van der Waals surface area contributed by atoms with Crippen LogP contribution in [-0.4, -0.2) is 10.5 Å². The van der Waals surface area contributed by atoms with Crippen molar-refractivity contribution in [2.24, 2.45) is 23.7 Å². The minimum absolute atomic E-state index is 0.552. The topological polar surface area (TPSA) is 0 Å². The monoisotopic (exact) mass is 440 g/mol. The van der Waals surface area contributed by atoms with Crippen molar-refractivity contribution in [1.82, 2.24) is 0 Å². The van der Waals surface area contributed by atoms with Crippen LogP contribution in [0, 0.1) is 47.4 Å². The van der Waals surface area contributed by atoms with E-state index in [-0.39, 0.29) is 0 Å². The van der Waals surface area contributed by atoms with E-state index in [1.165, 1.54) is 116 Å². The fourth-order valence-electron chi connectivity index (χ4n) is 5.83. The predicted octanol–water partition coefficient (Wildman–Crippen LogP) is 9.03. The summed E-state index contributed by atoms with van der Waals surface area (Å²) in [4.78, 5) is 0. The average molecular weight is 441 g/mol. The lowest BCUT2D eigenvalue weighted by Gasteiger charge is -2.25. The first kappa shape index (κ1) is 25.1. The van der Waals surface area contributed by atoms with Gasteiger partial charge in [-0.05, 0) is 76.0 Å². The molecule has 0 aromatic heterocycles. The lowest BCUT2D eigenvalue weighted by atomic mass is 9.80. The summed E-state index contributed by atoms with van der Waals surface area (Å²) < 4.78 is 0. The Bertz CT molecular complexity index is 544. The van der Waals surface area contributed by atoms with Gasteiger partial charge >= 0.3 is 0 Å². The lowest BCUT2D eigenvalue weighted by molar-refractivity contribution is 0.294. The molecule has 3 rings (SSSR count). The van der Waals surface area contributed by atoms with Crippen LogP contribution in [0.25, 0.3) is 0 Å². The summed E-state index contributed by atoms with van der Waals surface area (Å²) >= 11 is 2.07. The molecule has 2 aliphatic carbocycles. The van der Waals surface area contributed by atoms with Crippen LogP contribution < -0.4 is 0 Å². The van der Waals surface area contributed by atoms with Gasteiger partial charge in [0, 0.05) is 11.8 Å². The summed E-state index contributed by atoms with van der Waals surface area (Å²) in [5, 5.41) is 1.10. The summed E-state index contributed by atoms with van der Waals surface area (Å²) in [6.45, 7) is 4.62. The molecule has 31 heavy (non-hydrogen) atoms. The van der Waals surface area contributed by atoms with E-state index in [2.05, 4.69) is 49.3 Å². The number of rotatable bonds is 8. The zero-order valence-corrected chi connectivity index (χ0v) is 21.4. The van der Waals surface area contributed by atoms with Gasteiger partial charge in [-0.15, -0.1) is 11.8 Å². The zero-order valence-electron chi connectivity index (χ0n) is 20.6. The third kappa shape index (κ3) is 9.47. The van der Waals surface area contributed by atoms with Gasteiger partial charge in [0.1, 0.15) is 0 Å². The van der Waals surface area contributed by atoms with Gasteiger partial charge in [-0.1, -0.05) is 88.9 Å². The van der Waals surface area contributed by atoms with Gasteiger partial charge in [0.25, 0.3) is 0 Å². The number of hydrogen-bond donors (Lipinski definition) is 0. The molecule has 1 saturated heterocycles. The second kappa shape index (κ2) is 14.6. The van der Waals surface area contributed by atoms with Gasteiger partial charge in [0.05, 0.1) is 10.5 Å². The molecule has 3 aliphatic rings. The largest absolute Gasteiger partial charge is 0.129 e. The van der Waals surface area contributed by atoms with Crippen molar-refractivity contribution in [3.8, 4) is 23.7 Å². The van der Waals surface area contributed by atoms with Gasteiger partial charge in [0.2, 0.25) is 0 Å². The molecule has 2 unspecified atom stereocenters. The van der Waals surface area contributed by atoms with Crippen LogP contribution in [-0.2, 0) is 0 Å². The molecule has 1 aliphatic heterocycles. The molecule has 2 atom stereocenters. The molecule has 0 N–H and O–H groups in total. The molecule has 174 valence electrons. The summed E-state index contributed by atoms with van der Waals surface area (Å²) in [5.74, 6) is 18.0. The lowest BCUT2D eigenvalue weighted by Crippen LogP contribution is -2.13. The number of unbranched alkanes of at least 4 members (excludes halogenated alkanes) is 4. The number of thioether (sulfide) groups is 1. The van der Waals surface area contributed by atoms with Crippen LogP contribution in [0.5, 0.6) is 0 Å². The molecule has 2 saturated carbocycles. The van der Waals surface area contributed by atoms with Gasteiger partial charge in [-0.25, -0.2) is 0 Å². The highest BCUT2D eigenvalue weighted by Gasteiger charge is 2.24. The second-order valence-corrected chi connectivity index (χ2v) is 12.1. The van der Waals surface area contributed by atoms with E-state index in [4.69, 9.17) is 0 Å². The average Bonchev–Trinajstić information content (AvgIpc) is 3.26. The Hall–Kier alpha value is -0.530. The highest BCUT2D eigenvalue weighted by atomic mass is 32.2. The van der Waals surface area contributed by atoms with Gasteiger partial charge in [-0.2, -0.15) is 0 Å². The van der Waals surface area contributed by atoms with Crippen molar-refractivity contribution < 1.29 is 0 Å². The van der Waals surface area contributed by atoms with Crippen molar-refractivity contribution >= 4 is 11.8 Å². The number of hydrogen-bond acceptors (Lipinski definition) is 1. The Morgan fingerprint density at radius 1 is 0.516 bits per heavy atom. The summed E-state index contributed by atoms with van der Waals surface area (Å²) in [7, 11) is 0. The Kier molecular flexibility index (Phi) is 11.8. The van der Waals surface area contributed by atoms with Crippen molar-refractivity contribution in [3.05, 3.63) is 0 Å². The Morgan fingerprint density at radius 3 is 1.32 bits per heavy atom. The molecule has 1 heteroatoms. The van der Waals surface area contributed by atoms with Crippen molar-refractivity contribution in [1.29, 1.82) is 0 Å². The third-order valence-electron chi connectivity index (χ3n) is 8.04. The first-order chi connectivity index (χ1) is 15.3. The highest BCUT2D eigenvalue weighted by molar-refractivity contribution is 8.01. The summed E-state index contributed by atoms with van der Waals surface area (Å²) in [6, 6.07) is 0. The van der Waals surface area contributed by atoms with Crippen molar-refractivity contribution in [2.45, 2.75) is 140 Å². The molecule has 1 heterocycles. The molecular formula is C30H48S. The van der Waals surface area contributed by atoms with Crippen LogP contribution >= 0.6 is 11.8 Å². The van der Waals surface area contributed by atoms with E-state index in [0.717, 1.165) is 11.8 Å². The Morgan fingerprint density at radius 2 is 0.935 bits per heavy atom. The highest BCUT2D eigenvalue weighted by Crippen LogP contribution is 2.36. The molecule has 0 bridgehead atoms. The molecular weight excluding hydrogens is 392 g/mol. The van der Waals surface area contributed by atoms with Crippen LogP contribution in [0.2, 0.25) is 0 Å². The van der Waals surface area contributed by atoms with Gasteiger partial charge in [0.15, 0.2) is 0 Å². The van der Waals surface area contributed by atoms with E-state index in [1.807, 2.05) is 0 Å². The van der Waals surface area contributed by atoms with Gasteiger partial charge in [-0.3, -0.25) is 0 Å². The maximum absolute atomic E-state index is 3.68. The molecule has 0 amide bonds. The van der Waals surface area contributed by atoms with E-state index < -0.39 is 0 Å². The maximum atomic E-state index is 3.68. The van der Waals surface area contributed by atoms with E-state index in [9.17, 15) is 0 Å². The predicted molar refractivity (Wildman–Crippen MR) is 139 cm³/mol. The third-order valence-corrected chi connectivity index (χ3v) is 9.41. The molecule has 0 aromatic carbocycles. The molecule has 3 fully saturated rings. The maximum Gasteiger partial charge on any atom is 0.0670 e. The fraction of sp³-hybridized carbons (Fsp3) is 0.867. The minimum Gasteiger partial charge on any atom is -0.129 e.